The Balaban J connectivity index is 3.04. The minimum atomic E-state index is -1.11. The van der Waals surface area contributed by atoms with Gasteiger partial charge in [0.2, 0.25) is 0 Å². The average molecular weight is 529 g/mol. The summed E-state index contributed by atoms with van der Waals surface area (Å²) in [6.07, 6.45) is 7.57. The maximum absolute atomic E-state index is 13.4. The second-order valence-corrected chi connectivity index (χ2v) is 12.3. The number of aliphatic hydroxyl groups is 1. The van der Waals surface area contributed by atoms with Crippen molar-refractivity contribution in [3.05, 3.63) is 46.0 Å². The van der Waals surface area contributed by atoms with Gasteiger partial charge in [-0.1, -0.05) is 64.3 Å². The van der Waals surface area contributed by atoms with Crippen LogP contribution in [-0.4, -0.2) is 27.9 Å². The van der Waals surface area contributed by atoms with Gasteiger partial charge in [0, 0.05) is 5.92 Å². The van der Waals surface area contributed by atoms with E-state index in [0.717, 1.165) is 24.0 Å². The quantitative estimate of drug-likeness (QED) is 0.152. The normalized spacial score (nSPS) is 24.2. The first-order chi connectivity index (χ1) is 17.6. The third-order valence-corrected chi connectivity index (χ3v) is 8.52. The highest BCUT2D eigenvalue weighted by atomic mass is 16.5. The van der Waals surface area contributed by atoms with Crippen LogP contribution in [0.5, 0.6) is 0 Å². The van der Waals surface area contributed by atoms with Crippen molar-refractivity contribution in [1.82, 2.24) is 0 Å². The topological polar surface area (TPSA) is 101 Å². The molecule has 2 rings (SSSR count). The second-order valence-electron chi connectivity index (χ2n) is 12.3. The van der Waals surface area contributed by atoms with Gasteiger partial charge in [0.15, 0.2) is 5.78 Å². The number of ketones is 1. The number of Topliss-reactive ketones (excluding diaryl/α,β-unsaturated/α-hetero) is 1. The zero-order valence-corrected chi connectivity index (χ0v) is 24.9. The SMILES string of the molecule is CCC[C@@H](CC(=O)O)C1=C2OC(=O)C(C(=O)[C@H](C)CC)=C(O)[C@@]2(CC=C(C)C)C[C@H](CC=C(C)C)C1(C)C. The number of aliphatic hydroxyl groups excluding tert-OH is 1. The summed E-state index contributed by atoms with van der Waals surface area (Å²) in [4.78, 5) is 38.8. The van der Waals surface area contributed by atoms with E-state index in [4.69, 9.17) is 4.74 Å². The van der Waals surface area contributed by atoms with Crippen molar-refractivity contribution in [2.75, 3.05) is 0 Å². The second kappa shape index (κ2) is 12.5. The zero-order valence-electron chi connectivity index (χ0n) is 24.9. The van der Waals surface area contributed by atoms with Crippen molar-refractivity contribution < 1.29 is 29.3 Å². The third-order valence-electron chi connectivity index (χ3n) is 8.52. The molecule has 0 aromatic rings. The standard InChI is InChI=1S/C32H48O6/c1-10-12-22(17-24(33)34)26-29-32(16-15-20(5)6,18-23(31(26,8)9)14-13-19(3)4)28(36)25(30(37)38-29)27(35)21(7)11-2/h13,15,21-23,36H,10-12,14,16-18H2,1-9H3,(H,33,34)/t21-,22+,23+,32-/m1/s1. The van der Waals surface area contributed by atoms with Crippen LogP contribution in [0, 0.1) is 28.6 Å². The zero-order chi connectivity index (χ0) is 29.0. The van der Waals surface area contributed by atoms with Crippen molar-refractivity contribution >= 4 is 17.7 Å². The Morgan fingerprint density at radius 1 is 1.11 bits per heavy atom. The van der Waals surface area contributed by atoms with Crippen LogP contribution in [0.1, 0.15) is 107 Å². The van der Waals surface area contributed by atoms with Gasteiger partial charge in [0.05, 0.1) is 11.8 Å². The Bertz CT molecular complexity index is 1060. The number of carboxylic acid groups (broad SMARTS) is 1. The van der Waals surface area contributed by atoms with E-state index in [1.807, 2.05) is 47.6 Å². The highest BCUT2D eigenvalue weighted by Crippen LogP contribution is 2.62. The van der Waals surface area contributed by atoms with Crippen LogP contribution in [0.4, 0.5) is 0 Å². The number of carbonyl (C=O) groups is 3. The molecule has 6 heteroatoms. The molecule has 2 aliphatic rings. The summed E-state index contributed by atoms with van der Waals surface area (Å²) in [7, 11) is 0. The Morgan fingerprint density at radius 2 is 1.71 bits per heavy atom. The van der Waals surface area contributed by atoms with Gasteiger partial charge in [0.1, 0.15) is 17.1 Å². The van der Waals surface area contributed by atoms with Crippen molar-refractivity contribution in [2.24, 2.45) is 28.6 Å². The first kappa shape index (κ1) is 31.6. The first-order valence-corrected chi connectivity index (χ1v) is 14.1. The Hall–Kier alpha value is -2.63. The average Bonchev–Trinajstić information content (AvgIpc) is 2.81. The fraction of sp³-hybridized carbons (Fsp3) is 0.656. The number of carbonyl (C=O) groups excluding carboxylic acids is 2. The summed E-state index contributed by atoms with van der Waals surface area (Å²) in [5.74, 6) is -2.80. The van der Waals surface area contributed by atoms with E-state index in [2.05, 4.69) is 19.9 Å². The summed E-state index contributed by atoms with van der Waals surface area (Å²) in [5, 5.41) is 21.8. The highest BCUT2D eigenvalue weighted by Gasteiger charge is 2.58. The maximum atomic E-state index is 13.4. The third kappa shape index (κ3) is 6.32. The van der Waals surface area contributed by atoms with E-state index in [9.17, 15) is 24.6 Å². The molecule has 0 amide bonds. The number of fused-ring (bicyclic) bond motifs is 1. The van der Waals surface area contributed by atoms with Gasteiger partial charge in [-0.05, 0) is 82.6 Å². The van der Waals surface area contributed by atoms with Crippen LogP contribution < -0.4 is 0 Å². The van der Waals surface area contributed by atoms with Gasteiger partial charge in [-0.15, -0.1) is 0 Å². The predicted octanol–water partition coefficient (Wildman–Crippen LogP) is 7.86. The molecule has 1 heterocycles. The molecule has 0 aromatic heterocycles. The molecule has 0 unspecified atom stereocenters. The van der Waals surface area contributed by atoms with Crippen molar-refractivity contribution in [3.63, 3.8) is 0 Å². The predicted molar refractivity (Wildman–Crippen MR) is 150 cm³/mol. The minimum Gasteiger partial charge on any atom is -0.510 e. The smallest absolute Gasteiger partial charge is 0.350 e. The number of allylic oxidation sites excluding steroid dienone is 5. The van der Waals surface area contributed by atoms with Gasteiger partial charge in [0.25, 0.3) is 0 Å². The molecule has 0 fully saturated rings. The number of carboxylic acids is 1. The lowest BCUT2D eigenvalue weighted by atomic mass is 9.53. The molecule has 4 atom stereocenters. The molecule has 0 aromatic carbocycles. The van der Waals surface area contributed by atoms with Crippen LogP contribution >= 0.6 is 0 Å². The van der Waals surface area contributed by atoms with Crippen molar-refractivity contribution in [1.29, 1.82) is 0 Å². The number of aliphatic carboxylic acids is 1. The molecule has 0 saturated heterocycles. The monoisotopic (exact) mass is 528 g/mol. The highest BCUT2D eigenvalue weighted by molar-refractivity contribution is 6.19. The fourth-order valence-electron chi connectivity index (χ4n) is 6.05. The first-order valence-electron chi connectivity index (χ1n) is 14.1. The molecule has 0 saturated carbocycles. The van der Waals surface area contributed by atoms with Crippen LogP contribution in [-0.2, 0) is 19.1 Å². The summed E-state index contributed by atoms with van der Waals surface area (Å²) >= 11 is 0. The lowest BCUT2D eigenvalue weighted by molar-refractivity contribution is -0.143. The van der Waals surface area contributed by atoms with Crippen molar-refractivity contribution in [2.45, 2.75) is 107 Å². The molecule has 6 nitrogen and oxygen atoms in total. The number of hydrogen-bond acceptors (Lipinski definition) is 5. The van der Waals surface area contributed by atoms with Crippen LogP contribution in [0.25, 0.3) is 0 Å². The summed E-state index contributed by atoms with van der Waals surface area (Å²) in [5.41, 5.74) is 1.14. The van der Waals surface area contributed by atoms with E-state index in [-0.39, 0.29) is 29.6 Å². The number of esters is 1. The van der Waals surface area contributed by atoms with Gasteiger partial charge in [-0.2, -0.15) is 0 Å². The van der Waals surface area contributed by atoms with E-state index in [1.165, 1.54) is 5.57 Å². The Morgan fingerprint density at radius 3 is 2.21 bits per heavy atom. The molecular weight excluding hydrogens is 480 g/mol. The maximum Gasteiger partial charge on any atom is 0.350 e. The van der Waals surface area contributed by atoms with E-state index in [1.54, 1.807) is 6.92 Å². The van der Waals surface area contributed by atoms with Gasteiger partial charge < -0.3 is 14.9 Å². The van der Waals surface area contributed by atoms with E-state index < -0.39 is 34.5 Å². The van der Waals surface area contributed by atoms with Crippen molar-refractivity contribution in [3.8, 4) is 0 Å². The molecule has 1 aliphatic heterocycles. The van der Waals surface area contributed by atoms with Crippen LogP contribution in [0.2, 0.25) is 0 Å². The number of ether oxygens (including phenoxy) is 1. The van der Waals surface area contributed by atoms with Crippen LogP contribution in [0.3, 0.4) is 0 Å². The summed E-state index contributed by atoms with van der Waals surface area (Å²) in [6, 6.07) is 0. The molecule has 1 aliphatic carbocycles. The number of rotatable bonds is 12. The van der Waals surface area contributed by atoms with Gasteiger partial charge >= 0.3 is 11.9 Å². The lowest BCUT2D eigenvalue weighted by Gasteiger charge is -2.53. The van der Waals surface area contributed by atoms with E-state index >= 15 is 0 Å². The fourth-order valence-corrected chi connectivity index (χ4v) is 6.05. The van der Waals surface area contributed by atoms with E-state index in [0.29, 0.717) is 31.4 Å². The number of hydrogen-bond donors (Lipinski definition) is 2. The molecule has 212 valence electrons. The molecule has 0 spiro atoms. The van der Waals surface area contributed by atoms with Crippen LogP contribution in [0.15, 0.2) is 46.0 Å². The molecule has 0 bridgehead atoms. The molecule has 38 heavy (non-hydrogen) atoms. The lowest BCUT2D eigenvalue weighted by Crippen LogP contribution is -2.48. The largest absolute Gasteiger partial charge is 0.510 e. The Kier molecular flexibility index (Phi) is 10.4. The summed E-state index contributed by atoms with van der Waals surface area (Å²) < 4.78 is 6.12. The van der Waals surface area contributed by atoms with Gasteiger partial charge in [-0.25, -0.2) is 4.79 Å². The molecular formula is C32H48O6. The minimum absolute atomic E-state index is 0.0220. The molecule has 2 N–H and O–H groups in total. The summed E-state index contributed by atoms with van der Waals surface area (Å²) in [6.45, 7) is 17.9. The molecule has 0 radical (unpaired) electrons. The Labute approximate surface area is 228 Å². The van der Waals surface area contributed by atoms with Gasteiger partial charge in [-0.3, -0.25) is 9.59 Å².